The molecule has 0 amide bonds. The lowest BCUT2D eigenvalue weighted by atomic mass is 10.0. The second kappa shape index (κ2) is 8.48. The van der Waals surface area contributed by atoms with Crippen molar-refractivity contribution in [2.45, 2.75) is 45.7 Å². The standard InChI is InChI=1S/C16H23NO3/c1-4-20-16(19)15(17-12(2)13(3)18)11-10-14-8-6-5-7-9-14/h5-9,12,15,17H,4,10-11H2,1-3H3/t12-,15+/m0/s1. The van der Waals surface area contributed by atoms with Crippen LogP contribution in [0.2, 0.25) is 0 Å². The fourth-order valence-electron chi connectivity index (χ4n) is 1.89. The van der Waals surface area contributed by atoms with E-state index in [1.807, 2.05) is 30.3 Å². The van der Waals surface area contributed by atoms with Gasteiger partial charge < -0.3 is 4.74 Å². The lowest BCUT2D eigenvalue weighted by Crippen LogP contribution is -2.46. The third-order valence-electron chi connectivity index (χ3n) is 3.20. The summed E-state index contributed by atoms with van der Waals surface area (Å²) >= 11 is 0. The second-order valence-electron chi connectivity index (χ2n) is 4.83. The predicted molar refractivity (Wildman–Crippen MR) is 78.5 cm³/mol. The Morgan fingerprint density at radius 1 is 1.25 bits per heavy atom. The van der Waals surface area contributed by atoms with Crippen LogP contribution in [0.3, 0.4) is 0 Å². The Balaban J connectivity index is 2.62. The number of carbonyl (C=O) groups excluding carboxylic acids is 2. The Morgan fingerprint density at radius 3 is 2.45 bits per heavy atom. The molecule has 2 atom stereocenters. The average molecular weight is 277 g/mol. The maximum absolute atomic E-state index is 11.9. The van der Waals surface area contributed by atoms with E-state index in [0.29, 0.717) is 13.0 Å². The smallest absolute Gasteiger partial charge is 0.323 e. The summed E-state index contributed by atoms with van der Waals surface area (Å²) in [5.41, 5.74) is 1.17. The van der Waals surface area contributed by atoms with Crippen molar-refractivity contribution in [3.05, 3.63) is 35.9 Å². The number of Topliss-reactive ketones (excluding diaryl/α,β-unsaturated/α-hetero) is 1. The van der Waals surface area contributed by atoms with Crippen molar-refractivity contribution in [3.63, 3.8) is 0 Å². The summed E-state index contributed by atoms with van der Waals surface area (Å²) in [5, 5.41) is 3.05. The highest BCUT2D eigenvalue weighted by Crippen LogP contribution is 2.07. The summed E-state index contributed by atoms with van der Waals surface area (Å²) in [6, 6.07) is 9.16. The van der Waals surface area contributed by atoms with Gasteiger partial charge in [0.25, 0.3) is 0 Å². The number of hydrogen-bond acceptors (Lipinski definition) is 4. The number of esters is 1. The van der Waals surface area contributed by atoms with E-state index in [2.05, 4.69) is 5.32 Å². The first-order valence-corrected chi connectivity index (χ1v) is 7.01. The van der Waals surface area contributed by atoms with Crippen molar-refractivity contribution in [2.75, 3.05) is 6.61 Å². The van der Waals surface area contributed by atoms with Crippen molar-refractivity contribution in [2.24, 2.45) is 0 Å². The molecule has 4 heteroatoms. The topological polar surface area (TPSA) is 55.4 Å². The monoisotopic (exact) mass is 277 g/mol. The van der Waals surface area contributed by atoms with Gasteiger partial charge in [-0.05, 0) is 39.2 Å². The largest absolute Gasteiger partial charge is 0.465 e. The number of benzene rings is 1. The minimum Gasteiger partial charge on any atom is -0.465 e. The van der Waals surface area contributed by atoms with Gasteiger partial charge in [0.2, 0.25) is 0 Å². The van der Waals surface area contributed by atoms with E-state index in [4.69, 9.17) is 4.74 Å². The molecule has 0 aliphatic heterocycles. The Morgan fingerprint density at radius 2 is 1.90 bits per heavy atom. The van der Waals surface area contributed by atoms with Gasteiger partial charge >= 0.3 is 5.97 Å². The summed E-state index contributed by atoms with van der Waals surface area (Å²) < 4.78 is 5.06. The molecule has 0 heterocycles. The molecule has 0 bridgehead atoms. The normalized spacial score (nSPS) is 13.6. The quantitative estimate of drug-likeness (QED) is 0.739. The van der Waals surface area contributed by atoms with E-state index < -0.39 is 6.04 Å². The highest BCUT2D eigenvalue weighted by Gasteiger charge is 2.22. The highest BCUT2D eigenvalue weighted by molar-refractivity contribution is 5.82. The lowest BCUT2D eigenvalue weighted by molar-refractivity contribution is -0.146. The summed E-state index contributed by atoms with van der Waals surface area (Å²) in [5.74, 6) is -0.282. The van der Waals surface area contributed by atoms with Gasteiger partial charge in [0.1, 0.15) is 11.8 Å². The lowest BCUT2D eigenvalue weighted by Gasteiger charge is -2.20. The van der Waals surface area contributed by atoms with Crippen LogP contribution in [0.25, 0.3) is 0 Å². The zero-order valence-corrected chi connectivity index (χ0v) is 12.4. The molecule has 1 rings (SSSR count). The number of ether oxygens (including phenoxy) is 1. The number of carbonyl (C=O) groups is 2. The first-order valence-electron chi connectivity index (χ1n) is 7.01. The third-order valence-corrected chi connectivity index (χ3v) is 3.20. The maximum atomic E-state index is 11.9. The van der Waals surface area contributed by atoms with Crippen LogP contribution in [0.1, 0.15) is 32.8 Å². The van der Waals surface area contributed by atoms with Crippen LogP contribution >= 0.6 is 0 Å². The maximum Gasteiger partial charge on any atom is 0.323 e. The van der Waals surface area contributed by atoms with E-state index in [1.54, 1.807) is 13.8 Å². The van der Waals surface area contributed by atoms with E-state index in [1.165, 1.54) is 12.5 Å². The van der Waals surface area contributed by atoms with Gasteiger partial charge in [-0.2, -0.15) is 0 Å². The van der Waals surface area contributed by atoms with Gasteiger partial charge in [0.15, 0.2) is 0 Å². The molecule has 0 aliphatic carbocycles. The predicted octanol–water partition coefficient (Wildman–Crippen LogP) is 2.12. The SMILES string of the molecule is CCOC(=O)[C@@H](CCc1ccccc1)N[C@@H](C)C(C)=O. The molecule has 0 saturated carbocycles. The first kappa shape index (κ1) is 16.4. The van der Waals surface area contributed by atoms with Crippen molar-refractivity contribution in [3.8, 4) is 0 Å². The van der Waals surface area contributed by atoms with Crippen LogP contribution in [0.15, 0.2) is 30.3 Å². The molecule has 110 valence electrons. The Kier molecular flexibility index (Phi) is 6.94. The molecule has 0 aromatic heterocycles. The fraction of sp³-hybridized carbons (Fsp3) is 0.500. The molecule has 4 nitrogen and oxygen atoms in total. The van der Waals surface area contributed by atoms with E-state index in [9.17, 15) is 9.59 Å². The van der Waals surface area contributed by atoms with E-state index in [-0.39, 0.29) is 17.8 Å². The van der Waals surface area contributed by atoms with Crippen LogP contribution in [0.4, 0.5) is 0 Å². The minimum atomic E-state index is -0.450. The van der Waals surface area contributed by atoms with Crippen molar-refractivity contribution >= 4 is 11.8 Å². The summed E-state index contributed by atoms with van der Waals surface area (Å²) in [6.45, 7) is 5.39. The Labute approximate surface area is 120 Å². The van der Waals surface area contributed by atoms with Crippen LogP contribution < -0.4 is 5.32 Å². The van der Waals surface area contributed by atoms with Gasteiger partial charge in [-0.25, -0.2) is 0 Å². The van der Waals surface area contributed by atoms with Crippen molar-refractivity contribution in [1.29, 1.82) is 0 Å². The Hall–Kier alpha value is -1.68. The van der Waals surface area contributed by atoms with Gasteiger partial charge in [-0.15, -0.1) is 0 Å². The molecular weight excluding hydrogens is 254 g/mol. The van der Waals surface area contributed by atoms with Crippen LogP contribution in [0, 0.1) is 0 Å². The second-order valence-corrected chi connectivity index (χ2v) is 4.83. The van der Waals surface area contributed by atoms with E-state index in [0.717, 1.165) is 6.42 Å². The average Bonchev–Trinajstić information content (AvgIpc) is 2.44. The molecule has 0 fully saturated rings. The molecular formula is C16H23NO3. The molecule has 1 aromatic carbocycles. The number of nitrogens with one attached hydrogen (secondary N) is 1. The number of hydrogen-bond donors (Lipinski definition) is 1. The summed E-state index contributed by atoms with van der Waals surface area (Å²) in [4.78, 5) is 23.2. The van der Waals surface area contributed by atoms with Gasteiger partial charge in [-0.1, -0.05) is 30.3 Å². The van der Waals surface area contributed by atoms with Crippen molar-refractivity contribution in [1.82, 2.24) is 5.32 Å². The molecule has 20 heavy (non-hydrogen) atoms. The number of aryl methyl sites for hydroxylation is 1. The molecule has 0 unspecified atom stereocenters. The van der Waals surface area contributed by atoms with Crippen molar-refractivity contribution < 1.29 is 14.3 Å². The van der Waals surface area contributed by atoms with Gasteiger partial charge in [0, 0.05) is 0 Å². The van der Waals surface area contributed by atoms with Crippen LogP contribution in [-0.2, 0) is 20.7 Å². The van der Waals surface area contributed by atoms with Crippen LogP contribution in [-0.4, -0.2) is 30.4 Å². The van der Waals surface area contributed by atoms with Gasteiger partial charge in [0.05, 0.1) is 12.6 Å². The molecule has 1 N–H and O–H groups in total. The van der Waals surface area contributed by atoms with Crippen LogP contribution in [0.5, 0.6) is 0 Å². The Bertz CT molecular complexity index is 431. The minimum absolute atomic E-state index is 0.0130. The fourth-order valence-corrected chi connectivity index (χ4v) is 1.89. The number of ketones is 1. The third kappa shape index (κ3) is 5.53. The molecule has 1 aromatic rings. The van der Waals surface area contributed by atoms with Gasteiger partial charge in [-0.3, -0.25) is 14.9 Å². The summed E-state index contributed by atoms with van der Waals surface area (Å²) in [7, 11) is 0. The zero-order chi connectivity index (χ0) is 15.0. The molecule has 0 saturated heterocycles. The highest BCUT2D eigenvalue weighted by atomic mass is 16.5. The van der Waals surface area contributed by atoms with E-state index >= 15 is 0 Å². The molecule has 0 aliphatic rings. The zero-order valence-electron chi connectivity index (χ0n) is 12.4. The molecule has 0 radical (unpaired) electrons. The summed E-state index contributed by atoms with van der Waals surface area (Å²) in [6.07, 6.45) is 1.38. The number of rotatable bonds is 8. The molecule has 0 spiro atoms. The first-order chi connectivity index (χ1) is 9.54.